The van der Waals surface area contributed by atoms with E-state index in [1.54, 1.807) is 55.6 Å². The molecule has 2 aromatic carbocycles. The molecule has 0 aliphatic heterocycles. The van der Waals surface area contributed by atoms with Crippen molar-refractivity contribution in [3.8, 4) is 0 Å². The Morgan fingerprint density at radius 3 is 2.30 bits per heavy atom. The average molecular weight is 291 g/mol. The predicted octanol–water partition coefficient (Wildman–Crippen LogP) is 2.15. The van der Waals surface area contributed by atoms with Crippen LogP contribution in [0.2, 0.25) is 0 Å². The molecule has 2 rings (SSSR count). The van der Waals surface area contributed by atoms with Crippen LogP contribution in [0.4, 0.5) is 5.69 Å². The van der Waals surface area contributed by atoms with Crippen molar-refractivity contribution in [3.05, 3.63) is 65.7 Å². The van der Waals surface area contributed by atoms with Crippen molar-refractivity contribution in [2.45, 2.75) is 12.4 Å². The molecule has 106 valence electrons. The van der Waals surface area contributed by atoms with Crippen LogP contribution in [0.25, 0.3) is 0 Å². The fourth-order valence-electron chi connectivity index (χ4n) is 1.92. The summed E-state index contributed by atoms with van der Waals surface area (Å²) in [6.45, 7) is -0.0948. The molecule has 5 heteroatoms. The van der Waals surface area contributed by atoms with E-state index in [-0.39, 0.29) is 12.4 Å². The van der Waals surface area contributed by atoms with Gasteiger partial charge in [0.1, 0.15) is 0 Å². The highest BCUT2D eigenvalue weighted by Gasteiger charge is 2.18. The number of para-hydroxylation sites is 1. The quantitative estimate of drug-likeness (QED) is 0.918. The topological polar surface area (TPSA) is 57.6 Å². The summed E-state index contributed by atoms with van der Waals surface area (Å²) in [5, 5.41) is 9.09. The second-order valence-corrected chi connectivity index (χ2v) is 6.54. The van der Waals surface area contributed by atoms with Crippen LogP contribution >= 0.6 is 0 Å². The summed E-state index contributed by atoms with van der Waals surface area (Å²) in [6.07, 6.45) is 0. The normalized spacial score (nSPS) is 11.3. The summed E-state index contributed by atoms with van der Waals surface area (Å²) < 4.78 is 26.0. The number of aliphatic hydroxyl groups excluding tert-OH is 1. The molecule has 0 amide bonds. The van der Waals surface area contributed by atoms with Gasteiger partial charge in [-0.2, -0.15) is 0 Å². The number of sulfonamides is 1. The first-order valence-corrected chi connectivity index (χ1v) is 7.84. The largest absolute Gasteiger partial charge is 0.392 e. The summed E-state index contributed by atoms with van der Waals surface area (Å²) >= 11 is 0. The van der Waals surface area contributed by atoms with E-state index in [1.807, 2.05) is 6.07 Å². The molecule has 0 aliphatic carbocycles. The van der Waals surface area contributed by atoms with Crippen LogP contribution in [0.15, 0.2) is 54.6 Å². The van der Waals surface area contributed by atoms with Crippen molar-refractivity contribution in [1.82, 2.24) is 0 Å². The van der Waals surface area contributed by atoms with E-state index < -0.39 is 10.0 Å². The van der Waals surface area contributed by atoms with E-state index in [1.165, 1.54) is 4.31 Å². The van der Waals surface area contributed by atoms with Crippen molar-refractivity contribution in [2.24, 2.45) is 0 Å². The number of benzene rings is 2. The molecule has 0 saturated carbocycles. The molecule has 0 bridgehead atoms. The zero-order chi connectivity index (χ0) is 14.6. The second-order valence-electron chi connectivity index (χ2n) is 4.54. The van der Waals surface area contributed by atoms with E-state index >= 15 is 0 Å². The maximum absolute atomic E-state index is 12.4. The molecular weight excluding hydrogens is 274 g/mol. The zero-order valence-corrected chi connectivity index (χ0v) is 12.0. The van der Waals surface area contributed by atoms with E-state index in [2.05, 4.69) is 0 Å². The van der Waals surface area contributed by atoms with Gasteiger partial charge < -0.3 is 5.11 Å². The molecule has 0 saturated heterocycles. The summed E-state index contributed by atoms with van der Waals surface area (Å²) in [5.74, 6) is -0.0910. The predicted molar refractivity (Wildman–Crippen MR) is 79.8 cm³/mol. The van der Waals surface area contributed by atoms with E-state index in [4.69, 9.17) is 5.11 Å². The minimum absolute atomic E-state index is 0.0910. The van der Waals surface area contributed by atoms with Crippen molar-refractivity contribution in [1.29, 1.82) is 0 Å². The minimum atomic E-state index is -3.44. The Labute approximate surface area is 119 Å². The van der Waals surface area contributed by atoms with Crippen LogP contribution in [0.1, 0.15) is 11.1 Å². The van der Waals surface area contributed by atoms with Crippen LogP contribution in [0.5, 0.6) is 0 Å². The summed E-state index contributed by atoms with van der Waals surface area (Å²) in [7, 11) is -1.90. The average Bonchev–Trinajstić information content (AvgIpc) is 2.47. The van der Waals surface area contributed by atoms with E-state index in [0.29, 0.717) is 16.8 Å². The van der Waals surface area contributed by atoms with Crippen LogP contribution in [0, 0.1) is 0 Å². The van der Waals surface area contributed by atoms with Crippen molar-refractivity contribution in [3.63, 3.8) is 0 Å². The summed E-state index contributed by atoms with van der Waals surface area (Å²) in [6, 6.07) is 15.9. The molecule has 0 aromatic heterocycles. The van der Waals surface area contributed by atoms with Crippen molar-refractivity contribution >= 4 is 15.7 Å². The van der Waals surface area contributed by atoms with Gasteiger partial charge in [0.05, 0.1) is 18.0 Å². The molecule has 0 heterocycles. The molecule has 0 fully saturated rings. The van der Waals surface area contributed by atoms with Crippen LogP contribution in [-0.2, 0) is 22.4 Å². The van der Waals surface area contributed by atoms with Gasteiger partial charge in [0.15, 0.2) is 0 Å². The number of hydrogen-bond donors (Lipinski definition) is 1. The highest BCUT2D eigenvalue weighted by Crippen LogP contribution is 2.18. The number of rotatable bonds is 5. The Balaban J connectivity index is 2.22. The van der Waals surface area contributed by atoms with Gasteiger partial charge in [-0.05, 0) is 23.3 Å². The third kappa shape index (κ3) is 3.37. The van der Waals surface area contributed by atoms with Gasteiger partial charge in [0, 0.05) is 7.05 Å². The SMILES string of the molecule is CN(c1ccccc1)S(=O)(=O)Cc1cccc(CO)c1. The maximum atomic E-state index is 12.4. The summed E-state index contributed by atoms with van der Waals surface area (Å²) in [5.41, 5.74) is 2.00. The highest BCUT2D eigenvalue weighted by molar-refractivity contribution is 7.92. The lowest BCUT2D eigenvalue weighted by Crippen LogP contribution is -2.27. The minimum Gasteiger partial charge on any atom is -0.392 e. The molecule has 20 heavy (non-hydrogen) atoms. The molecule has 4 nitrogen and oxygen atoms in total. The number of nitrogens with zero attached hydrogens (tertiary/aromatic N) is 1. The standard InChI is InChI=1S/C15H17NO3S/c1-16(15-8-3-2-4-9-15)20(18,19)12-14-7-5-6-13(10-14)11-17/h2-10,17H,11-12H2,1H3. The number of aliphatic hydroxyl groups is 1. The highest BCUT2D eigenvalue weighted by atomic mass is 32.2. The van der Waals surface area contributed by atoms with Gasteiger partial charge in [0.25, 0.3) is 0 Å². The monoisotopic (exact) mass is 291 g/mol. The second kappa shape index (κ2) is 6.07. The molecule has 0 unspecified atom stereocenters. The van der Waals surface area contributed by atoms with Crippen molar-refractivity contribution < 1.29 is 13.5 Å². The first-order valence-electron chi connectivity index (χ1n) is 6.23. The van der Waals surface area contributed by atoms with Gasteiger partial charge >= 0.3 is 0 Å². The molecule has 2 aromatic rings. The van der Waals surface area contributed by atoms with Gasteiger partial charge in [-0.3, -0.25) is 4.31 Å². The number of hydrogen-bond acceptors (Lipinski definition) is 3. The molecule has 0 spiro atoms. The molecule has 0 radical (unpaired) electrons. The Bertz CT molecular complexity index is 669. The van der Waals surface area contributed by atoms with Gasteiger partial charge in [-0.15, -0.1) is 0 Å². The van der Waals surface area contributed by atoms with E-state index in [0.717, 1.165) is 0 Å². The first kappa shape index (κ1) is 14.6. The van der Waals surface area contributed by atoms with Gasteiger partial charge in [-0.25, -0.2) is 8.42 Å². The third-order valence-corrected chi connectivity index (χ3v) is 4.80. The van der Waals surface area contributed by atoms with Crippen LogP contribution in [-0.4, -0.2) is 20.6 Å². The molecule has 1 N–H and O–H groups in total. The Morgan fingerprint density at radius 2 is 1.65 bits per heavy atom. The smallest absolute Gasteiger partial charge is 0.239 e. The maximum Gasteiger partial charge on any atom is 0.239 e. The van der Waals surface area contributed by atoms with E-state index in [9.17, 15) is 8.42 Å². The Morgan fingerprint density at radius 1 is 1.00 bits per heavy atom. The molecular formula is C15H17NO3S. The lowest BCUT2D eigenvalue weighted by Gasteiger charge is -2.19. The fraction of sp³-hybridized carbons (Fsp3) is 0.200. The van der Waals surface area contributed by atoms with Crippen molar-refractivity contribution in [2.75, 3.05) is 11.4 Å². The van der Waals surface area contributed by atoms with Gasteiger partial charge in [-0.1, -0.05) is 42.5 Å². The lowest BCUT2D eigenvalue weighted by molar-refractivity contribution is 0.282. The van der Waals surface area contributed by atoms with Crippen LogP contribution < -0.4 is 4.31 Å². The number of anilines is 1. The fourth-order valence-corrected chi connectivity index (χ4v) is 3.16. The molecule has 0 aliphatic rings. The first-order chi connectivity index (χ1) is 9.53. The lowest BCUT2D eigenvalue weighted by atomic mass is 10.1. The third-order valence-electron chi connectivity index (χ3n) is 3.06. The zero-order valence-electron chi connectivity index (χ0n) is 11.2. The van der Waals surface area contributed by atoms with Crippen LogP contribution in [0.3, 0.4) is 0 Å². The summed E-state index contributed by atoms with van der Waals surface area (Å²) in [4.78, 5) is 0. The van der Waals surface area contributed by atoms with Gasteiger partial charge in [0.2, 0.25) is 10.0 Å². The molecule has 0 atom stereocenters. The Kier molecular flexibility index (Phi) is 4.42. The Hall–Kier alpha value is -1.85.